The fourth-order valence-corrected chi connectivity index (χ4v) is 1.14. The smallest absolute Gasteiger partial charge is 0.114 e. The fraction of sp³-hybridized carbons (Fsp3) is 0.900. The van der Waals surface area contributed by atoms with Gasteiger partial charge in [0.1, 0.15) is 6.61 Å². The molecule has 0 bridgehead atoms. The maximum Gasteiger partial charge on any atom is 0.114 e. The lowest BCUT2D eigenvalue weighted by Crippen LogP contribution is -2.42. The molecule has 2 aliphatic rings. The van der Waals surface area contributed by atoms with Crippen molar-refractivity contribution in [2.24, 2.45) is 11.1 Å². The Labute approximate surface area is 91.2 Å². The standard InChI is InChI=1S/C6H12N2O.C4H9NO/c1-2-9-8-5-6-3-7-4-6;1-3-6-4-2-5-1/h5-7H,2-4H2,1H3;5H,1-4H2. The average Bonchev–Trinajstić information content (AvgIpc) is 2.25. The Morgan fingerprint density at radius 2 is 2.07 bits per heavy atom. The fourth-order valence-electron chi connectivity index (χ4n) is 1.14. The lowest BCUT2D eigenvalue weighted by atomic mass is 10.1. The van der Waals surface area contributed by atoms with Crippen molar-refractivity contribution in [2.75, 3.05) is 46.0 Å². The number of morpholine rings is 1. The van der Waals surface area contributed by atoms with Crippen molar-refractivity contribution in [3.05, 3.63) is 0 Å². The SMILES string of the molecule is C1COCCN1.CCON=CC1CNC1. The van der Waals surface area contributed by atoms with Crippen molar-refractivity contribution in [1.82, 2.24) is 10.6 Å². The second-order valence-electron chi connectivity index (χ2n) is 3.45. The van der Waals surface area contributed by atoms with Gasteiger partial charge in [-0.25, -0.2) is 0 Å². The summed E-state index contributed by atoms with van der Waals surface area (Å²) >= 11 is 0. The van der Waals surface area contributed by atoms with Gasteiger partial charge in [0.05, 0.1) is 13.2 Å². The van der Waals surface area contributed by atoms with Gasteiger partial charge < -0.3 is 20.2 Å². The Balaban J connectivity index is 0.000000162. The van der Waals surface area contributed by atoms with E-state index in [9.17, 15) is 0 Å². The summed E-state index contributed by atoms with van der Waals surface area (Å²) in [6.07, 6.45) is 1.86. The Bertz CT molecular complexity index is 157. The molecule has 0 saturated carbocycles. The van der Waals surface area contributed by atoms with Crippen LogP contribution in [0, 0.1) is 5.92 Å². The molecule has 0 aliphatic carbocycles. The van der Waals surface area contributed by atoms with Gasteiger partial charge in [0, 0.05) is 38.3 Å². The summed E-state index contributed by atoms with van der Waals surface area (Å²) in [6.45, 7) is 8.53. The molecule has 5 nitrogen and oxygen atoms in total. The van der Waals surface area contributed by atoms with E-state index in [2.05, 4.69) is 15.8 Å². The minimum absolute atomic E-state index is 0.608. The third-order valence-corrected chi connectivity index (χ3v) is 2.13. The Hall–Kier alpha value is -0.650. The molecule has 15 heavy (non-hydrogen) atoms. The normalized spacial score (nSPS) is 21.7. The number of nitrogens with one attached hydrogen (secondary N) is 2. The third kappa shape index (κ3) is 6.43. The van der Waals surface area contributed by atoms with Crippen molar-refractivity contribution in [1.29, 1.82) is 0 Å². The molecular weight excluding hydrogens is 194 g/mol. The molecule has 2 N–H and O–H groups in total. The van der Waals surface area contributed by atoms with Crippen LogP contribution in [0.15, 0.2) is 5.16 Å². The zero-order valence-electron chi connectivity index (χ0n) is 9.37. The number of oxime groups is 1. The maximum absolute atomic E-state index is 5.01. The largest absolute Gasteiger partial charge is 0.396 e. The lowest BCUT2D eigenvalue weighted by Gasteiger charge is -2.22. The van der Waals surface area contributed by atoms with Crippen LogP contribution in [0.5, 0.6) is 0 Å². The summed E-state index contributed by atoms with van der Waals surface area (Å²) in [5.74, 6) is 0.608. The molecule has 5 heteroatoms. The van der Waals surface area contributed by atoms with Gasteiger partial charge in [0.25, 0.3) is 0 Å². The van der Waals surface area contributed by atoms with E-state index >= 15 is 0 Å². The molecule has 2 aliphatic heterocycles. The monoisotopic (exact) mass is 215 g/mol. The van der Waals surface area contributed by atoms with E-state index in [4.69, 9.17) is 9.57 Å². The van der Waals surface area contributed by atoms with E-state index in [1.807, 2.05) is 13.1 Å². The molecule has 2 heterocycles. The van der Waals surface area contributed by atoms with Crippen molar-refractivity contribution in [3.63, 3.8) is 0 Å². The molecule has 2 rings (SSSR count). The molecule has 2 fully saturated rings. The van der Waals surface area contributed by atoms with Gasteiger partial charge in [-0.05, 0) is 6.92 Å². The molecule has 0 spiro atoms. The summed E-state index contributed by atoms with van der Waals surface area (Å²) in [4.78, 5) is 4.78. The minimum Gasteiger partial charge on any atom is -0.396 e. The average molecular weight is 215 g/mol. The van der Waals surface area contributed by atoms with E-state index in [1.54, 1.807) is 0 Å². The minimum atomic E-state index is 0.608. The van der Waals surface area contributed by atoms with Crippen LogP contribution in [0.2, 0.25) is 0 Å². The molecule has 0 radical (unpaired) electrons. The van der Waals surface area contributed by atoms with Crippen LogP contribution in [0.1, 0.15) is 6.92 Å². The van der Waals surface area contributed by atoms with Gasteiger partial charge in [-0.3, -0.25) is 0 Å². The lowest BCUT2D eigenvalue weighted by molar-refractivity contribution is 0.109. The molecule has 0 atom stereocenters. The van der Waals surface area contributed by atoms with Crippen LogP contribution in [0.4, 0.5) is 0 Å². The van der Waals surface area contributed by atoms with E-state index in [-0.39, 0.29) is 0 Å². The molecule has 88 valence electrons. The zero-order chi connectivity index (χ0) is 10.8. The van der Waals surface area contributed by atoms with E-state index in [0.29, 0.717) is 12.5 Å². The third-order valence-electron chi connectivity index (χ3n) is 2.13. The number of hydrogen-bond acceptors (Lipinski definition) is 5. The molecule has 0 aromatic carbocycles. The maximum atomic E-state index is 5.01. The van der Waals surface area contributed by atoms with Crippen LogP contribution in [0.3, 0.4) is 0 Å². The van der Waals surface area contributed by atoms with Gasteiger partial charge in [-0.15, -0.1) is 0 Å². The summed E-state index contributed by atoms with van der Waals surface area (Å²) in [7, 11) is 0. The van der Waals surface area contributed by atoms with Crippen LogP contribution in [-0.2, 0) is 9.57 Å². The van der Waals surface area contributed by atoms with E-state index in [0.717, 1.165) is 39.4 Å². The first-order valence-electron chi connectivity index (χ1n) is 5.58. The van der Waals surface area contributed by atoms with Gasteiger partial charge in [-0.2, -0.15) is 0 Å². The van der Waals surface area contributed by atoms with Crippen LogP contribution < -0.4 is 10.6 Å². The number of nitrogens with zero attached hydrogens (tertiary/aromatic N) is 1. The highest BCUT2D eigenvalue weighted by atomic mass is 16.6. The molecule has 0 aromatic heterocycles. The molecule has 0 unspecified atom stereocenters. The molecule has 2 saturated heterocycles. The second kappa shape index (κ2) is 8.64. The van der Waals surface area contributed by atoms with Crippen LogP contribution >= 0.6 is 0 Å². The quantitative estimate of drug-likeness (QED) is 0.507. The first-order valence-corrected chi connectivity index (χ1v) is 5.58. The first-order chi connectivity index (χ1) is 7.43. The van der Waals surface area contributed by atoms with Crippen molar-refractivity contribution in [3.8, 4) is 0 Å². The highest BCUT2D eigenvalue weighted by Crippen LogP contribution is 1.97. The highest BCUT2D eigenvalue weighted by Gasteiger charge is 2.13. The molecule has 0 aromatic rings. The Kier molecular flexibility index (Phi) is 7.16. The second-order valence-corrected chi connectivity index (χ2v) is 3.45. The Morgan fingerprint density at radius 1 is 1.33 bits per heavy atom. The number of ether oxygens (including phenoxy) is 1. The summed E-state index contributed by atoms with van der Waals surface area (Å²) in [5.41, 5.74) is 0. The van der Waals surface area contributed by atoms with Gasteiger partial charge in [0.15, 0.2) is 0 Å². The van der Waals surface area contributed by atoms with Gasteiger partial charge in [-0.1, -0.05) is 5.16 Å². The highest BCUT2D eigenvalue weighted by molar-refractivity contribution is 5.61. The molecular formula is C10H21N3O2. The van der Waals surface area contributed by atoms with Gasteiger partial charge in [0.2, 0.25) is 0 Å². The van der Waals surface area contributed by atoms with Gasteiger partial charge >= 0.3 is 0 Å². The van der Waals surface area contributed by atoms with E-state index < -0.39 is 0 Å². The topological polar surface area (TPSA) is 54.9 Å². The summed E-state index contributed by atoms with van der Waals surface area (Å²) in [6, 6.07) is 0. The summed E-state index contributed by atoms with van der Waals surface area (Å²) < 4.78 is 5.01. The van der Waals surface area contributed by atoms with Crippen molar-refractivity contribution >= 4 is 6.21 Å². The Morgan fingerprint density at radius 3 is 2.40 bits per heavy atom. The van der Waals surface area contributed by atoms with Crippen molar-refractivity contribution in [2.45, 2.75) is 6.92 Å². The number of rotatable bonds is 3. The van der Waals surface area contributed by atoms with Crippen LogP contribution in [0.25, 0.3) is 0 Å². The first kappa shape index (κ1) is 12.4. The zero-order valence-corrected chi connectivity index (χ0v) is 9.37. The van der Waals surface area contributed by atoms with Crippen molar-refractivity contribution < 1.29 is 9.57 Å². The number of hydrogen-bond donors (Lipinski definition) is 2. The predicted octanol–water partition coefficient (Wildman–Crippen LogP) is -0.166. The predicted molar refractivity (Wildman–Crippen MR) is 60.2 cm³/mol. The summed E-state index contributed by atoms with van der Waals surface area (Å²) in [5, 5.41) is 10.0. The van der Waals surface area contributed by atoms with Crippen LogP contribution in [-0.4, -0.2) is 52.2 Å². The van der Waals surface area contributed by atoms with E-state index in [1.165, 1.54) is 0 Å². The molecule has 0 amide bonds.